The Hall–Kier alpha value is -3.30. The Bertz CT molecular complexity index is 990. The summed E-state index contributed by atoms with van der Waals surface area (Å²) < 4.78 is 28.8. The fourth-order valence-corrected chi connectivity index (χ4v) is 2.63. The Kier molecular flexibility index (Phi) is 5.43. The lowest BCUT2D eigenvalue weighted by Gasteiger charge is -2.11. The van der Waals surface area contributed by atoms with Crippen LogP contribution < -0.4 is 9.47 Å². The van der Waals surface area contributed by atoms with Crippen LogP contribution in [0.25, 0.3) is 6.08 Å². The van der Waals surface area contributed by atoms with Gasteiger partial charge in [0.15, 0.2) is 17.2 Å². The molecule has 1 heterocycles. The predicted octanol–water partition coefficient (Wildman–Crippen LogP) is 3.84. The van der Waals surface area contributed by atoms with Gasteiger partial charge in [0, 0.05) is 5.56 Å². The molecule has 0 unspecified atom stereocenters. The fourth-order valence-electron chi connectivity index (χ4n) is 2.36. The lowest BCUT2D eigenvalue weighted by atomic mass is 10.1. The molecule has 0 bridgehead atoms. The van der Waals surface area contributed by atoms with Crippen molar-refractivity contribution in [3.63, 3.8) is 0 Å². The zero-order chi connectivity index (χ0) is 19.4. The number of hydrogen-bond donors (Lipinski definition) is 0. The molecule has 0 aromatic heterocycles. The van der Waals surface area contributed by atoms with Gasteiger partial charge in [-0.2, -0.15) is 0 Å². The zero-order valence-corrected chi connectivity index (χ0v) is 14.9. The average molecular weight is 386 g/mol. The minimum atomic E-state index is -0.628. The van der Waals surface area contributed by atoms with Crippen molar-refractivity contribution >= 4 is 29.5 Å². The van der Waals surface area contributed by atoms with Gasteiger partial charge in [0.25, 0.3) is 0 Å². The van der Waals surface area contributed by atoms with Crippen LogP contribution in [0.2, 0.25) is 5.02 Å². The van der Waals surface area contributed by atoms with Crippen molar-refractivity contribution in [2.24, 2.45) is 4.99 Å². The summed E-state index contributed by atoms with van der Waals surface area (Å²) in [6.07, 6.45) is 6.68. The summed E-state index contributed by atoms with van der Waals surface area (Å²) in [4.78, 5) is 16.3. The Morgan fingerprint density at radius 3 is 2.74 bits per heavy atom. The van der Waals surface area contributed by atoms with E-state index in [-0.39, 0.29) is 23.2 Å². The Balaban J connectivity index is 1.94. The van der Waals surface area contributed by atoms with E-state index in [1.54, 1.807) is 12.1 Å². The maximum absolute atomic E-state index is 13.0. The first-order valence-corrected chi connectivity index (χ1v) is 8.12. The predicted molar refractivity (Wildman–Crippen MR) is 99.3 cm³/mol. The van der Waals surface area contributed by atoms with E-state index in [0.29, 0.717) is 22.6 Å². The molecule has 1 aliphatic heterocycles. The van der Waals surface area contributed by atoms with Gasteiger partial charge in [0.2, 0.25) is 5.90 Å². The smallest absolute Gasteiger partial charge is 0.363 e. The van der Waals surface area contributed by atoms with Gasteiger partial charge in [-0.25, -0.2) is 14.2 Å². The molecule has 27 heavy (non-hydrogen) atoms. The molecule has 0 atom stereocenters. The van der Waals surface area contributed by atoms with Crippen LogP contribution in [0.4, 0.5) is 4.39 Å². The lowest BCUT2D eigenvalue weighted by molar-refractivity contribution is -0.129. The highest BCUT2D eigenvalue weighted by Gasteiger charge is 2.24. The molecule has 136 valence electrons. The molecule has 0 saturated heterocycles. The number of aliphatic imine (C=N–C) groups is 1. The van der Waals surface area contributed by atoms with E-state index in [2.05, 4.69) is 10.9 Å². The summed E-state index contributed by atoms with van der Waals surface area (Å²) in [6.45, 7) is 0.0359. The molecule has 1 aliphatic rings. The van der Waals surface area contributed by atoms with Crippen LogP contribution in [-0.4, -0.2) is 25.6 Å². The van der Waals surface area contributed by atoms with Crippen LogP contribution >= 0.6 is 11.6 Å². The van der Waals surface area contributed by atoms with Crippen LogP contribution in [0, 0.1) is 18.2 Å². The van der Waals surface area contributed by atoms with Crippen LogP contribution in [-0.2, 0) is 9.53 Å². The van der Waals surface area contributed by atoms with Gasteiger partial charge in [0.05, 0.1) is 12.1 Å². The van der Waals surface area contributed by atoms with Crippen LogP contribution in [0.3, 0.4) is 0 Å². The highest BCUT2D eigenvalue weighted by Crippen LogP contribution is 2.37. The molecule has 0 saturated carbocycles. The monoisotopic (exact) mass is 385 g/mol. The standard InChI is InChI=1S/C20H13ClFNO4/c1-3-8-26-18-15(21)9-12(11-17(18)25-2)10-16-20(24)27-19(23-16)13-4-6-14(22)7-5-13/h1,4-7,9-11H,8H2,2H3/b16-10-. The van der Waals surface area contributed by atoms with E-state index >= 15 is 0 Å². The summed E-state index contributed by atoms with van der Waals surface area (Å²) in [5, 5.41) is 0.269. The number of benzene rings is 2. The highest BCUT2D eigenvalue weighted by atomic mass is 35.5. The first-order valence-electron chi connectivity index (χ1n) is 7.74. The number of nitrogens with zero attached hydrogens (tertiary/aromatic N) is 1. The SMILES string of the molecule is C#CCOc1c(Cl)cc(/C=C2\N=C(c3ccc(F)cc3)OC2=O)cc1OC. The van der Waals surface area contributed by atoms with Gasteiger partial charge < -0.3 is 14.2 Å². The lowest BCUT2D eigenvalue weighted by Crippen LogP contribution is -2.05. The van der Waals surface area contributed by atoms with E-state index in [4.69, 9.17) is 32.2 Å². The summed E-state index contributed by atoms with van der Waals surface area (Å²) in [6, 6.07) is 8.68. The molecule has 0 radical (unpaired) electrons. The molecule has 0 N–H and O–H groups in total. The third-order valence-corrected chi connectivity index (χ3v) is 3.85. The molecule has 3 rings (SSSR count). The topological polar surface area (TPSA) is 57.1 Å². The van der Waals surface area contributed by atoms with Crippen molar-refractivity contribution in [3.8, 4) is 23.8 Å². The number of carbonyl (C=O) groups excluding carboxylic acids is 1. The van der Waals surface area contributed by atoms with Gasteiger partial charge >= 0.3 is 5.97 Å². The fraction of sp³-hybridized carbons (Fsp3) is 0.100. The number of hydrogen-bond acceptors (Lipinski definition) is 5. The first kappa shape index (κ1) is 18.5. The molecule has 0 aliphatic carbocycles. The number of methoxy groups -OCH3 is 1. The van der Waals surface area contributed by atoms with Crippen molar-refractivity contribution in [1.29, 1.82) is 0 Å². The minimum absolute atomic E-state index is 0.0359. The third kappa shape index (κ3) is 4.10. The zero-order valence-electron chi connectivity index (χ0n) is 14.2. The summed E-state index contributed by atoms with van der Waals surface area (Å²) in [5.41, 5.74) is 1.12. The number of halogens is 2. The van der Waals surface area contributed by atoms with Crippen molar-refractivity contribution in [2.45, 2.75) is 0 Å². The Labute approximate surface area is 160 Å². The average Bonchev–Trinajstić information content (AvgIpc) is 3.01. The quantitative estimate of drug-likeness (QED) is 0.446. The molecular formula is C20H13ClFNO4. The number of rotatable bonds is 5. The number of ether oxygens (including phenoxy) is 3. The number of cyclic esters (lactones) is 1. The highest BCUT2D eigenvalue weighted by molar-refractivity contribution is 6.32. The maximum Gasteiger partial charge on any atom is 0.363 e. The van der Waals surface area contributed by atoms with Gasteiger partial charge in [-0.1, -0.05) is 17.5 Å². The van der Waals surface area contributed by atoms with Crippen LogP contribution in [0.1, 0.15) is 11.1 Å². The van der Waals surface area contributed by atoms with Gasteiger partial charge in [0.1, 0.15) is 12.4 Å². The Morgan fingerprint density at radius 1 is 1.33 bits per heavy atom. The summed E-state index contributed by atoms with van der Waals surface area (Å²) >= 11 is 6.22. The number of terminal acetylenes is 1. The van der Waals surface area contributed by atoms with Crippen molar-refractivity contribution < 1.29 is 23.4 Å². The van der Waals surface area contributed by atoms with Crippen molar-refractivity contribution in [2.75, 3.05) is 13.7 Å². The summed E-state index contributed by atoms with van der Waals surface area (Å²) in [7, 11) is 1.46. The van der Waals surface area contributed by atoms with Crippen LogP contribution in [0.15, 0.2) is 47.1 Å². The number of carbonyl (C=O) groups is 1. The van der Waals surface area contributed by atoms with E-state index in [1.807, 2.05) is 0 Å². The Morgan fingerprint density at radius 2 is 2.07 bits per heavy atom. The van der Waals surface area contributed by atoms with Gasteiger partial charge in [-0.05, 0) is 48.0 Å². The van der Waals surface area contributed by atoms with Crippen molar-refractivity contribution in [3.05, 3.63) is 64.1 Å². The molecular weight excluding hydrogens is 373 g/mol. The van der Waals surface area contributed by atoms with E-state index in [1.165, 1.54) is 37.5 Å². The summed E-state index contributed by atoms with van der Waals surface area (Å²) in [5.74, 6) is 2.09. The molecule has 0 amide bonds. The minimum Gasteiger partial charge on any atom is -0.493 e. The van der Waals surface area contributed by atoms with Crippen molar-refractivity contribution in [1.82, 2.24) is 0 Å². The van der Waals surface area contributed by atoms with Gasteiger partial charge in [-0.3, -0.25) is 0 Å². The molecule has 0 fully saturated rings. The van der Waals surface area contributed by atoms with Gasteiger partial charge in [-0.15, -0.1) is 6.42 Å². The first-order chi connectivity index (χ1) is 13.0. The normalized spacial score (nSPS) is 14.5. The second-order valence-electron chi connectivity index (χ2n) is 5.37. The number of esters is 1. The van der Waals surface area contributed by atoms with E-state index in [9.17, 15) is 9.18 Å². The molecule has 5 nitrogen and oxygen atoms in total. The maximum atomic E-state index is 13.0. The third-order valence-electron chi connectivity index (χ3n) is 3.57. The molecule has 7 heteroatoms. The van der Waals surface area contributed by atoms with Crippen LogP contribution in [0.5, 0.6) is 11.5 Å². The largest absolute Gasteiger partial charge is 0.493 e. The molecule has 0 spiro atoms. The molecule has 2 aromatic rings. The van der Waals surface area contributed by atoms with E-state index < -0.39 is 11.8 Å². The second-order valence-corrected chi connectivity index (χ2v) is 5.78. The van der Waals surface area contributed by atoms with E-state index in [0.717, 1.165) is 0 Å². The second kappa shape index (κ2) is 7.94. The molecule has 2 aromatic carbocycles.